The van der Waals surface area contributed by atoms with Crippen molar-refractivity contribution in [1.82, 2.24) is 0 Å². The van der Waals surface area contributed by atoms with Gasteiger partial charge in [0.05, 0.1) is 6.61 Å². The van der Waals surface area contributed by atoms with Crippen molar-refractivity contribution >= 4 is 34.8 Å². The third kappa shape index (κ3) is 3.82. The topological polar surface area (TPSA) is 35.2 Å². The number of benzene rings is 2. The highest BCUT2D eigenvalue weighted by Gasteiger charge is 2.23. The highest BCUT2D eigenvalue weighted by atomic mass is 35.5. The lowest BCUT2D eigenvalue weighted by molar-refractivity contribution is 0.300. The molecular weight excluding hydrogens is 305 g/mol. The van der Waals surface area contributed by atoms with E-state index in [-0.39, 0.29) is 18.4 Å². The third-order valence-corrected chi connectivity index (χ3v) is 4.04. The molecule has 3 rings (SSSR count). The molecule has 0 aromatic heterocycles. The molecular formula is C17H21Cl2NO. The van der Waals surface area contributed by atoms with E-state index >= 15 is 0 Å². The fraction of sp³-hybridized carbons (Fsp3) is 0.412. The predicted molar refractivity (Wildman–Crippen MR) is 91.8 cm³/mol. The van der Waals surface area contributed by atoms with Crippen LogP contribution < -0.4 is 10.5 Å². The Balaban J connectivity index is 0.00000161. The van der Waals surface area contributed by atoms with Gasteiger partial charge in [0.25, 0.3) is 0 Å². The summed E-state index contributed by atoms with van der Waals surface area (Å²) in [6.45, 7) is 2.81. The minimum Gasteiger partial charge on any atom is -0.492 e. The van der Waals surface area contributed by atoms with Gasteiger partial charge in [-0.3, -0.25) is 0 Å². The van der Waals surface area contributed by atoms with Crippen LogP contribution >= 0.6 is 24.0 Å². The smallest absolute Gasteiger partial charge is 0.130 e. The average molecular weight is 326 g/mol. The molecule has 1 fully saturated rings. The quantitative estimate of drug-likeness (QED) is 0.872. The Morgan fingerprint density at radius 2 is 1.95 bits per heavy atom. The molecule has 2 nitrogen and oxygen atoms in total. The van der Waals surface area contributed by atoms with Gasteiger partial charge in [-0.05, 0) is 43.7 Å². The van der Waals surface area contributed by atoms with Crippen LogP contribution in [-0.2, 0) is 6.42 Å². The molecule has 4 heteroatoms. The molecule has 21 heavy (non-hydrogen) atoms. The van der Waals surface area contributed by atoms with E-state index in [0.29, 0.717) is 0 Å². The first-order valence-corrected chi connectivity index (χ1v) is 7.61. The Kier molecular flexibility index (Phi) is 5.37. The van der Waals surface area contributed by atoms with Crippen molar-refractivity contribution in [3.63, 3.8) is 0 Å². The molecule has 1 saturated carbocycles. The summed E-state index contributed by atoms with van der Waals surface area (Å²) in [6.07, 6.45) is 3.35. The van der Waals surface area contributed by atoms with Gasteiger partial charge >= 0.3 is 0 Å². The summed E-state index contributed by atoms with van der Waals surface area (Å²) in [7, 11) is 0. The molecule has 2 N–H and O–H groups in total. The van der Waals surface area contributed by atoms with Crippen LogP contribution in [0.2, 0.25) is 5.02 Å². The number of hydrogen-bond donors (Lipinski definition) is 1. The van der Waals surface area contributed by atoms with Gasteiger partial charge < -0.3 is 10.5 Å². The van der Waals surface area contributed by atoms with E-state index in [9.17, 15) is 0 Å². The fourth-order valence-electron chi connectivity index (χ4n) is 2.51. The lowest BCUT2D eigenvalue weighted by Crippen LogP contribution is -2.18. The molecule has 1 unspecified atom stereocenters. The normalized spacial score (nSPS) is 15.6. The minimum atomic E-state index is 0. The number of halogens is 2. The summed E-state index contributed by atoms with van der Waals surface area (Å²) >= 11 is 6.40. The zero-order valence-corrected chi connectivity index (χ0v) is 13.7. The first kappa shape index (κ1) is 16.4. The number of ether oxygens (including phenoxy) is 1. The second-order valence-corrected chi connectivity index (χ2v) is 6.24. The number of fused-ring (bicyclic) bond motifs is 1. The molecule has 114 valence electrons. The highest BCUT2D eigenvalue weighted by molar-refractivity contribution is 6.35. The number of hydrogen-bond acceptors (Lipinski definition) is 2. The zero-order chi connectivity index (χ0) is 14.1. The standard InChI is InChI=1S/C17H20ClNO.ClH/c1-11(19)8-13-9-16(18)14-4-2-3-5-15(14)17(13)20-10-12-6-7-12;/h2-5,9,11-12H,6-8,10,19H2,1H3;1H. The lowest BCUT2D eigenvalue weighted by Gasteiger charge is -2.17. The maximum atomic E-state index is 6.40. The number of nitrogens with two attached hydrogens (primary N) is 1. The molecule has 0 heterocycles. The molecule has 2 aromatic rings. The first-order valence-electron chi connectivity index (χ1n) is 7.23. The summed E-state index contributed by atoms with van der Waals surface area (Å²) in [6, 6.07) is 10.2. The summed E-state index contributed by atoms with van der Waals surface area (Å²) in [5.41, 5.74) is 7.07. The molecule has 1 atom stereocenters. The van der Waals surface area contributed by atoms with Gasteiger partial charge in [-0.25, -0.2) is 0 Å². The number of rotatable bonds is 5. The van der Waals surface area contributed by atoms with Gasteiger partial charge in [-0.1, -0.05) is 35.9 Å². The molecule has 1 aliphatic carbocycles. The van der Waals surface area contributed by atoms with Crippen LogP contribution in [0.25, 0.3) is 10.8 Å². The Morgan fingerprint density at radius 3 is 2.57 bits per heavy atom. The van der Waals surface area contributed by atoms with Crippen LogP contribution in [0, 0.1) is 5.92 Å². The van der Waals surface area contributed by atoms with Gasteiger partial charge in [0.1, 0.15) is 5.75 Å². The van der Waals surface area contributed by atoms with E-state index in [1.807, 2.05) is 31.2 Å². The Labute approximate surface area is 137 Å². The van der Waals surface area contributed by atoms with E-state index < -0.39 is 0 Å². The Bertz CT molecular complexity index is 623. The van der Waals surface area contributed by atoms with Gasteiger partial charge in [-0.15, -0.1) is 12.4 Å². The average Bonchev–Trinajstić information content (AvgIpc) is 3.22. The first-order chi connectivity index (χ1) is 9.65. The van der Waals surface area contributed by atoms with Crippen LogP contribution in [0.5, 0.6) is 5.75 Å². The van der Waals surface area contributed by atoms with E-state index in [2.05, 4.69) is 6.07 Å². The second-order valence-electron chi connectivity index (χ2n) is 5.83. The van der Waals surface area contributed by atoms with Crippen LogP contribution in [0.15, 0.2) is 30.3 Å². The van der Waals surface area contributed by atoms with Crippen LogP contribution in [-0.4, -0.2) is 12.6 Å². The van der Waals surface area contributed by atoms with Crippen molar-refractivity contribution in [1.29, 1.82) is 0 Å². The zero-order valence-electron chi connectivity index (χ0n) is 12.1. The summed E-state index contributed by atoms with van der Waals surface area (Å²) in [4.78, 5) is 0. The van der Waals surface area contributed by atoms with Crippen molar-refractivity contribution in [2.24, 2.45) is 11.7 Å². The summed E-state index contributed by atoms with van der Waals surface area (Å²) < 4.78 is 6.12. The third-order valence-electron chi connectivity index (χ3n) is 3.72. The van der Waals surface area contributed by atoms with Crippen LogP contribution in [0.3, 0.4) is 0 Å². The van der Waals surface area contributed by atoms with Crippen molar-refractivity contribution in [2.75, 3.05) is 6.61 Å². The molecule has 0 radical (unpaired) electrons. The maximum Gasteiger partial charge on any atom is 0.130 e. The molecule has 1 aliphatic rings. The fourth-order valence-corrected chi connectivity index (χ4v) is 2.81. The van der Waals surface area contributed by atoms with Gasteiger partial charge in [0, 0.05) is 21.8 Å². The summed E-state index contributed by atoms with van der Waals surface area (Å²) in [5, 5.41) is 2.92. The van der Waals surface area contributed by atoms with Crippen molar-refractivity contribution in [2.45, 2.75) is 32.2 Å². The predicted octanol–water partition coefficient (Wildman–Crippen LogP) is 4.59. The minimum absolute atomic E-state index is 0. The molecule has 2 aromatic carbocycles. The van der Waals surface area contributed by atoms with Crippen LogP contribution in [0.1, 0.15) is 25.3 Å². The highest BCUT2D eigenvalue weighted by Crippen LogP contribution is 2.37. The van der Waals surface area contributed by atoms with E-state index in [1.54, 1.807) is 0 Å². The molecule has 0 amide bonds. The van der Waals surface area contributed by atoms with E-state index in [0.717, 1.165) is 46.1 Å². The van der Waals surface area contributed by atoms with Crippen molar-refractivity contribution in [3.05, 3.63) is 40.9 Å². The van der Waals surface area contributed by atoms with Crippen molar-refractivity contribution in [3.8, 4) is 5.75 Å². The SMILES string of the molecule is CC(N)Cc1cc(Cl)c2ccccc2c1OCC1CC1.Cl. The largest absolute Gasteiger partial charge is 0.492 e. The second kappa shape index (κ2) is 6.87. The maximum absolute atomic E-state index is 6.40. The van der Waals surface area contributed by atoms with Crippen LogP contribution in [0.4, 0.5) is 0 Å². The van der Waals surface area contributed by atoms with E-state index in [1.165, 1.54) is 12.8 Å². The molecule has 0 aliphatic heterocycles. The lowest BCUT2D eigenvalue weighted by atomic mass is 10.0. The van der Waals surface area contributed by atoms with E-state index in [4.69, 9.17) is 22.1 Å². The van der Waals surface area contributed by atoms with Gasteiger partial charge in [0.15, 0.2) is 0 Å². The summed E-state index contributed by atoms with van der Waals surface area (Å²) in [5.74, 6) is 1.70. The molecule has 0 bridgehead atoms. The Morgan fingerprint density at radius 1 is 1.29 bits per heavy atom. The monoisotopic (exact) mass is 325 g/mol. The van der Waals surface area contributed by atoms with Gasteiger partial charge in [-0.2, -0.15) is 0 Å². The van der Waals surface area contributed by atoms with Crippen molar-refractivity contribution < 1.29 is 4.74 Å². The molecule has 0 saturated heterocycles. The van der Waals surface area contributed by atoms with Gasteiger partial charge in [0.2, 0.25) is 0 Å². The molecule has 0 spiro atoms. The Hall–Kier alpha value is -0.960.